The first kappa shape index (κ1) is 26.5. The Labute approximate surface area is 217 Å². The minimum absolute atomic E-state index is 0.0800. The lowest BCUT2D eigenvalue weighted by molar-refractivity contribution is -0.171. The highest BCUT2D eigenvalue weighted by molar-refractivity contribution is 6.03. The second-order valence-corrected chi connectivity index (χ2v) is 9.31. The first-order chi connectivity index (χ1) is 18.3. The Morgan fingerprint density at radius 2 is 1.46 bits per heavy atom. The molecule has 4 nitrogen and oxygen atoms in total. The smallest absolute Gasteiger partial charge is 0.357 e. The predicted molar refractivity (Wildman–Crippen MR) is 128 cm³/mol. The Balaban J connectivity index is 1.72. The van der Waals surface area contributed by atoms with Gasteiger partial charge in [0, 0.05) is 18.0 Å². The number of benzene rings is 3. The molecule has 3 atom stereocenters. The molecule has 3 aromatic rings. The number of rotatable bonds is 2. The van der Waals surface area contributed by atoms with E-state index in [0.29, 0.717) is 22.6 Å². The Morgan fingerprint density at radius 1 is 0.846 bits per heavy atom. The number of amides is 1. The molecular formula is C28H19F7N2O2. The highest BCUT2D eigenvalue weighted by atomic mass is 19.4. The van der Waals surface area contributed by atoms with Crippen molar-refractivity contribution < 1.29 is 40.3 Å². The number of halogens is 7. The summed E-state index contributed by atoms with van der Waals surface area (Å²) >= 11 is 0. The van der Waals surface area contributed by atoms with Gasteiger partial charge in [0.05, 0.1) is 28.9 Å². The van der Waals surface area contributed by atoms with Gasteiger partial charge in [0.15, 0.2) is 0 Å². The molecule has 39 heavy (non-hydrogen) atoms. The molecule has 3 aromatic carbocycles. The second-order valence-electron chi connectivity index (χ2n) is 9.31. The average Bonchev–Trinajstić information content (AvgIpc) is 3.02. The number of nitrogens with zero attached hydrogens (tertiary/aromatic N) is 1. The number of Topliss-reactive ketones (excluding diaryl/α,β-unsaturated/α-hetero) is 1. The fourth-order valence-corrected chi connectivity index (χ4v) is 5.11. The Kier molecular flexibility index (Phi) is 6.48. The largest absolute Gasteiger partial charge is 0.471 e. The summed E-state index contributed by atoms with van der Waals surface area (Å²) in [5, 5.41) is 3.00. The first-order valence-electron chi connectivity index (χ1n) is 11.8. The third-order valence-corrected chi connectivity index (χ3v) is 6.86. The molecule has 2 aliphatic rings. The fourth-order valence-electron chi connectivity index (χ4n) is 5.11. The summed E-state index contributed by atoms with van der Waals surface area (Å²) in [6, 6.07) is 12.8. The molecule has 0 saturated heterocycles. The van der Waals surface area contributed by atoms with Crippen molar-refractivity contribution in [3.8, 4) is 0 Å². The zero-order valence-corrected chi connectivity index (χ0v) is 19.9. The van der Waals surface area contributed by atoms with E-state index in [4.69, 9.17) is 0 Å². The van der Waals surface area contributed by atoms with Crippen LogP contribution in [-0.4, -0.2) is 17.9 Å². The van der Waals surface area contributed by atoms with Crippen LogP contribution in [-0.2, 0) is 15.8 Å². The van der Waals surface area contributed by atoms with Gasteiger partial charge in [-0.05, 0) is 47.5 Å². The van der Waals surface area contributed by atoms with E-state index in [0.717, 1.165) is 12.1 Å². The Hall–Kier alpha value is -4.15. The van der Waals surface area contributed by atoms with E-state index < -0.39 is 53.3 Å². The summed E-state index contributed by atoms with van der Waals surface area (Å²) in [4.78, 5) is 27.0. The lowest BCUT2D eigenvalue weighted by atomic mass is 9.76. The van der Waals surface area contributed by atoms with E-state index in [-0.39, 0.29) is 29.1 Å². The van der Waals surface area contributed by atoms with Gasteiger partial charge in [0.2, 0.25) is 0 Å². The van der Waals surface area contributed by atoms with Crippen molar-refractivity contribution in [2.75, 3.05) is 10.2 Å². The number of carbonyl (C=O) groups excluding carboxylic acids is 2. The third kappa shape index (κ3) is 5.00. The van der Waals surface area contributed by atoms with Crippen molar-refractivity contribution in [2.45, 2.75) is 30.7 Å². The summed E-state index contributed by atoms with van der Waals surface area (Å²) in [7, 11) is 0. The molecule has 0 unspecified atom stereocenters. The average molecular weight is 548 g/mol. The van der Waals surface area contributed by atoms with Gasteiger partial charge in [-0.3, -0.25) is 14.5 Å². The number of allylic oxidation sites excluding steroid dienone is 1. The molecule has 1 amide bonds. The molecule has 0 fully saturated rings. The number of hydrogen-bond acceptors (Lipinski definition) is 3. The molecule has 0 aromatic heterocycles. The van der Waals surface area contributed by atoms with E-state index in [9.17, 15) is 40.3 Å². The SMILES string of the molecule is O=C1C[C@H](c2ccc(F)cc2)C=C2Nc3ccccc3N(C(=O)C(F)(F)F)[C@@H](c3ccc(C(F)(F)F)cc3)[C@H]12. The zero-order chi connectivity index (χ0) is 28.1. The number of hydrogen-bond donors (Lipinski definition) is 1. The van der Waals surface area contributed by atoms with Gasteiger partial charge in [0.1, 0.15) is 11.6 Å². The number of para-hydroxylation sites is 2. The van der Waals surface area contributed by atoms with Gasteiger partial charge in [0.25, 0.3) is 0 Å². The van der Waals surface area contributed by atoms with Gasteiger partial charge in [-0.25, -0.2) is 4.39 Å². The molecule has 0 radical (unpaired) electrons. The molecule has 1 heterocycles. The van der Waals surface area contributed by atoms with Crippen molar-refractivity contribution in [3.05, 3.63) is 107 Å². The van der Waals surface area contributed by atoms with E-state index in [1.807, 2.05) is 0 Å². The van der Waals surface area contributed by atoms with Crippen LogP contribution in [0.5, 0.6) is 0 Å². The minimum Gasteiger partial charge on any atom is -0.357 e. The van der Waals surface area contributed by atoms with Crippen LogP contribution < -0.4 is 10.2 Å². The molecule has 1 aliphatic heterocycles. The Morgan fingerprint density at radius 3 is 2.08 bits per heavy atom. The van der Waals surface area contributed by atoms with Crippen LogP contribution in [0.4, 0.5) is 42.1 Å². The van der Waals surface area contributed by atoms with Crippen molar-refractivity contribution in [1.29, 1.82) is 0 Å². The molecule has 0 bridgehead atoms. The highest BCUT2D eigenvalue weighted by Crippen LogP contribution is 2.49. The molecular weight excluding hydrogens is 529 g/mol. The van der Waals surface area contributed by atoms with Crippen molar-refractivity contribution in [3.63, 3.8) is 0 Å². The topological polar surface area (TPSA) is 49.4 Å². The van der Waals surface area contributed by atoms with Gasteiger partial charge in [-0.1, -0.05) is 42.5 Å². The molecule has 1 aliphatic carbocycles. The zero-order valence-electron chi connectivity index (χ0n) is 19.9. The van der Waals surface area contributed by atoms with Crippen LogP contribution in [0.2, 0.25) is 0 Å². The van der Waals surface area contributed by atoms with Crippen molar-refractivity contribution in [2.24, 2.45) is 5.92 Å². The number of anilines is 2. The molecule has 0 saturated carbocycles. The number of fused-ring (bicyclic) bond motifs is 2. The Bertz CT molecular complexity index is 1440. The monoisotopic (exact) mass is 548 g/mol. The van der Waals surface area contributed by atoms with Gasteiger partial charge in [-0.2, -0.15) is 26.3 Å². The van der Waals surface area contributed by atoms with Crippen molar-refractivity contribution in [1.82, 2.24) is 0 Å². The maximum atomic E-state index is 13.9. The fraction of sp³-hybridized carbons (Fsp3) is 0.214. The van der Waals surface area contributed by atoms with Crippen LogP contribution in [0, 0.1) is 11.7 Å². The number of ketones is 1. The van der Waals surface area contributed by atoms with Gasteiger partial charge in [-0.15, -0.1) is 0 Å². The molecule has 5 rings (SSSR count). The number of alkyl halides is 6. The maximum absolute atomic E-state index is 13.9. The summed E-state index contributed by atoms with van der Waals surface area (Å²) < 4.78 is 94.9. The molecule has 1 N–H and O–H groups in total. The first-order valence-corrected chi connectivity index (χ1v) is 11.8. The van der Waals surface area contributed by atoms with E-state index in [2.05, 4.69) is 5.32 Å². The normalized spacial score (nSPS) is 21.3. The molecule has 202 valence electrons. The van der Waals surface area contributed by atoms with Gasteiger partial charge < -0.3 is 5.32 Å². The van der Waals surface area contributed by atoms with E-state index >= 15 is 0 Å². The number of carbonyl (C=O) groups is 2. The quantitative estimate of drug-likeness (QED) is 0.346. The predicted octanol–water partition coefficient (Wildman–Crippen LogP) is 7.16. The lowest BCUT2D eigenvalue weighted by Gasteiger charge is -2.37. The summed E-state index contributed by atoms with van der Waals surface area (Å²) in [6.07, 6.45) is -8.59. The lowest BCUT2D eigenvalue weighted by Crippen LogP contribution is -2.47. The van der Waals surface area contributed by atoms with Crippen LogP contribution in [0.3, 0.4) is 0 Å². The van der Waals surface area contributed by atoms with Gasteiger partial charge >= 0.3 is 18.3 Å². The summed E-state index contributed by atoms with van der Waals surface area (Å²) in [5.41, 5.74) is -0.419. The van der Waals surface area contributed by atoms with Crippen LogP contribution in [0.25, 0.3) is 0 Å². The highest BCUT2D eigenvalue weighted by Gasteiger charge is 2.51. The van der Waals surface area contributed by atoms with Crippen LogP contribution >= 0.6 is 0 Å². The molecule has 0 spiro atoms. The van der Waals surface area contributed by atoms with Crippen molar-refractivity contribution >= 4 is 23.1 Å². The van der Waals surface area contributed by atoms with Crippen LogP contribution in [0.15, 0.2) is 84.6 Å². The van der Waals surface area contributed by atoms with E-state index in [1.165, 1.54) is 48.5 Å². The molecule has 11 heteroatoms. The number of nitrogens with one attached hydrogen (secondary N) is 1. The van der Waals surface area contributed by atoms with E-state index in [1.54, 1.807) is 6.08 Å². The summed E-state index contributed by atoms with van der Waals surface area (Å²) in [5.74, 6) is -5.20. The van der Waals surface area contributed by atoms with Crippen LogP contribution in [0.1, 0.15) is 35.1 Å². The third-order valence-electron chi connectivity index (χ3n) is 6.86. The standard InChI is InChI=1S/C28H19F7N2O2/c29-19-11-7-15(8-12-19)17-13-21-24(23(38)14-17)25(16-5-9-18(10-6-16)27(30,31)32)37(26(39)28(33,34)35)22-4-2-1-3-20(22)36-21/h1-13,17,24-25,36H,14H2/t17-,24+,25+/m1/s1. The second kappa shape index (κ2) is 9.55. The summed E-state index contributed by atoms with van der Waals surface area (Å²) in [6.45, 7) is 0. The minimum atomic E-state index is -5.35. The maximum Gasteiger partial charge on any atom is 0.471 e.